The molecule has 1 N–H and O–H groups in total. The Balaban J connectivity index is 0. The summed E-state index contributed by atoms with van der Waals surface area (Å²) >= 11 is 8.12. The van der Waals surface area contributed by atoms with Crippen LogP contribution in [0.3, 0.4) is 0 Å². The molecule has 0 aromatic rings. The fourth-order valence-corrected chi connectivity index (χ4v) is 0.670. The number of thiocarbonyl (C=S) groups is 1. The van der Waals surface area contributed by atoms with Crippen molar-refractivity contribution in [3.63, 3.8) is 0 Å². The molecule has 80 valence electrons. The molecule has 0 aliphatic carbocycles. The maximum Gasteiger partial charge on any atom is 0.216 e. The van der Waals surface area contributed by atoms with Gasteiger partial charge in [0.25, 0.3) is 0 Å². The standard InChI is InChI=1S/C5H14NO.C3H6OS2/c1-6(2,3)4-5-7;1-2-4-3(5)6/h7H,4-5H2,1-3H3;2H2,1H3,(H,5,6)/q+1;. The van der Waals surface area contributed by atoms with Crippen LogP contribution in [0.25, 0.3) is 0 Å². The van der Waals surface area contributed by atoms with Gasteiger partial charge in [-0.1, -0.05) is 12.6 Å². The highest BCUT2D eigenvalue weighted by Crippen LogP contribution is 1.84. The van der Waals surface area contributed by atoms with Crippen molar-refractivity contribution < 1.29 is 14.3 Å². The van der Waals surface area contributed by atoms with Gasteiger partial charge in [-0.25, -0.2) is 0 Å². The zero-order valence-electron chi connectivity index (χ0n) is 8.78. The lowest BCUT2D eigenvalue weighted by atomic mass is 10.5. The molecule has 0 saturated carbocycles. The molecule has 0 spiro atoms. The van der Waals surface area contributed by atoms with E-state index in [1.165, 1.54) is 0 Å². The number of hydrogen-bond donors (Lipinski definition) is 2. The normalized spacial score (nSPS) is 10.0. The maximum atomic E-state index is 8.39. The second kappa shape index (κ2) is 8.74. The third-order valence-corrected chi connectivity index (χ3v) is 1.29. The molecule has 0 rings (SSSR count). The highest BCUT2D eigenvalue weighted by atomic mass is 32.1. The molecule has 0 aliphatic heterocycles. The lowest BCUT2D eigenvalue weighted by Crippen LogP contribution is -2.36. The van der Waals surface area contributed by atoms with E-state index in [9.17, 15) is 0 Å². The summed E-state index contributed by atoms with van der Waals surface area (Å²) < 4.78 is 5.80. The van der Waals surface area contributed by atoms with E-state index in [0.717, 1.165) is 11.0 Å². The molecule has 0 heterocycles. The first-order valence-electron chi connectivity index (χ1n) is 4.10. The van der Waals surface area contributed by atoms with E-state index in [4.69, 9.17) is 5.11 Å². The van der Waals surface area contributed by atoms with Crippen LogP contribution < -0.4 is 0 Å². The number of quaternary nitrogens is 1. The van der Waals surface area contributed by atoms with Crippen LogP contribution >= 0.6 is 24.8 Å². The summed E-state index contributed by atoms with van der Waals surface area (Å²) in [6, 6.07) is 0. The number of aliphatic hydroxyl groups is 1. The molecular formula is C8H20NO2S2+. The van der Waals surface area contributed by atoms with Crippen molar-refractivity contribution in [1.29, 1.82) is 0 Å². The van der Waals surface area contributed by atoms with E-state index in [1.54, 1.807) is 0 Å². The Kier molecular flexibility index (Phi) is 10.5. The molecule has 0 bridgehead atoms. The quantitative estimate of drug-likeness (QED) is 0.426. The summed E-state index contributed by atoms with van der Waals surface area (Å²) in [5.41, 5.74) is 0. The fourth-order valence-electron chi connectivity index (χ4n) is 0.423. The minimum Gasteiger partial charge on any atom is -0.479 e. The number of hydrogen-bond acceptors (Lipinski definition) is 3. The Labute approximate surface area is 91.7 Å². The largest absolute Gasteiger partial charge is 0.479 e. The molecule has 13 heavy (non-hydrogen) atoms. The molecule has 0 amide bonds. The summed E-state index contributed by atoms with van der Waals surface area (Å²) in [6.45, 7) is 3.59. The van der Waals surface area contributed by atoms with E-state index in [0.29, 0.717) is 11.0 Å². The predicted octanol–water partition coefficient (Wildman–Crippen LogP) is 0.923. The molecule has 3 nitrogen and oxygen atoms in total. The summed E-state index contributed by atoms with van der Waals surface area (Å²) in [7, 11) is 6.16. The molecule has 0 atom stereocenters. The predicted molar refractivity (Wildman–Crippen MR) is 63.2 cm³/mol. The number of likely N-dealkylation sites (N-methyl/N-ethyl adjacent to an activating group) is 1. The van der Waals surface area contributed by atoms with Gasteiger partial charge in [-0.3, -0.25) is 0 Å². The lowest BCUT2D eigenvalue weighted by Gasteiger charge is -2.21. The number of aliphatic hydroxyl groups excluding tert-OH is 1. The Bertz CT molecular complexity index is 135. The van der Waals surface area contributed by atoms with Gasteiger partial charge in [-0.05, 0) is 19.1 Å². The summed E-state index contributed by atoms with van der Waals surface area (Å²) in [5, 5.41) is 8.39. The van der Waals surface area contributed by atoms with Crippen LogP contribution in [0, 0.1) is 0 Å². The van der Waals surface area contributed by atoms with Gasteiger partial charge < -0.3 is 14.3 Å². The Morgan fingerprint density at radius 3 is 1.92 bits per heavy atom. The number of ether oxygens (including phenoxy) is 1. The van der Waals surface area contributed by atoms with Crippen molar-refractivity contribution in [2.24, 2.45) is 0 Å². The van der Waals surface area contributed by atoms with E-state index in [-0.39, 0.29) is 6.61 Å². The minimum atomic E-state index is 0.281. The van der Waals surface area contributed by atoms with Crippen LogP contribution in [-0.2, 0) is 4.74 Å². The first-order valence-corrected chi connectivity index (χ1v) is 4.96. The molecule has 0 radical (unpaired) electrons. The highest BCUT2D eigenvalue weighted by Gasteiger charge is 2.02. The van der Waals surface area contributed by atoms with E-state index in [1.807, 2.05) is 6.92 Å². The third kappa shape index (κ3) is 24.5. The molecule has 0 aromatic carbocycles. The Morgan fingerprint density at radius 2 is 1.92 bits per heavy atom. The van der Waals surface area contributed by atoms with E-state index < -0.39 is 0 Å². The van der Waals surface area contributed by atoms with Gasteiger partial charge >= 0.3 is 0 Å². The average Bonchev–Trinajstić information content (AvgIpc) is 1.84. The van der Waals surface area contributed by atoms with Crippen LogP contribution in [0.4, 0.5) is 0 Å². The van der Waals surface area contributed by atoms with Crippen LogP contribution in [0.2, 0.25) is 0 Å². The molecule has 0 fully saturated rings. The average molecular weight is 226 g/mol. The molecule has 0 saturated heterocycles. The lowest BCUT2D eigenvalue weighted by molar-refractivity contribution is -0.870. The van der Waals surface area contributed by atoms with Gasteiger partial charge in [0.15, 0.2) is 0 Å². The van der Waals surface area contributed by atoms with Gasteiger partial charge in [0, 0.05) is 0 Å². The molecule has 0 unspecified atom stereocenters. The number of thiol groups is 1. The van der Waals surface area contributed by atoms with Gasteiger partial charge in [0.2, 0.25) is 4.38 Å². The van der Waals surface area contributed by atoms with Crippen LogP contribution in [0.1, 0.15) is 6.92 Å². The van der Waals surface area contributed by atoms with Crippen LogP contribution in [0.5, 0.6) is 0 Å². The second-order valence-corrected chi connectivity index (χ2v) is 4.52. The molecule has 0 aliphatic rings. The van der Waals surface area contributed by atoms with Gasteiger partial charge in [0.1, 0.15) is 6.54 Å². The summed E-state index contributed by atoms with van der Waals surface area (Å²) in [5.74, 6) is 0. The maximum absolute atomic E-state index is 8.39. The Morgan fingerprint density at radius 1 is 1.46 bits per heavy atom. The smallest absolute Gasteiger partial charge is 0.216 e. The monoisotopic (exact) mass is 226 g/mol. The van der Waals surface area contributed by atoms with Gasteiger partial charge in [0.05, 0.1) is 34.4 Å². The first kappa shape index (κ1) is 15.6. The zero-order chi connectivity index (χ0) is 10.9. The molecular weight excluding hydrogens is 206 g/mol. The Hall–Kier alpha value is 0.160. The molecule has 0 aromatic heterocycles. The SMILES string of the molecule is CCOC(=S)S.C[N+](C)(C)CCO. The third-order valence-electron chi connectivity index (χ3n) is 1.04. The van der Waals surface area contributed by atoms with Crippen LogP contribution in [0.15, 0.2) is 0 Å². The van der Waals surface area contributed by atoms with Crippen molar-refractivity contribution in [3.8, 4) is 0 Å². The fraction of sp³-hybridized carbons (Fsp3) is 0.875. The summed E-state index contributed by atoms with van der Waals surface area (Å²) in [4.78, 5) is 0. The first-order chi connectivity index (χ1) is 5.83. The topological polar surface area (TPSA) is 29.5 Å². The molecule has 5 heteroatoms. The van der Waals surface area contributed by atoms with Gasteiger partial charge in [-0.2, -0.15) is 0 Å². The summed E-state index contributed by atoms with van der Waals surface area (Å²) in [6.07, 6.45) is 0. The van der Waals surface area contributed by atoms with Crippen molar-refractivity contribution in [3.05, 3.63) is 0 Å². The van der Waals surface area contributed by atoms with E-state index >= 15 is 0 Å². The van der Waals surface area contributed by atoms with Crippen LogP contribution in [-0.4, -0.2) is 54.9 Å². The van der Waals surface area contributed by atoms with Gasteiger partial charge in [-0.15, -0.1) is 0 Å². The van der Waals surface area contributed by atoms with E-state index in [2.05, 4.69) is 50.7 Å². The van der Waals surface area contributed by atoms with Crippen molar-refractivity contribution in [1.82, 2.24) is 0 Å². The van der Waals surface area contributed by atoms with Crippen molar-refractivity contribution >= 4 is 29.2 Å². The second-order valence-electron chi connectivity index (χ2n) is 3.44. The minimum absolute atomic E-state index is 0.281. The van der Waals surface area contributed by atoms with Crippen molar-refractivity contribution in [2.75, 3.05) is 40.9 Å². The highest BCUT2D eigenvalue weighted by molar-refractivity contribution is 8.10. The number of rotatable bonds is 3. The van der Waals surface area contributed by atoms with Crippen molar-refractivity contribution in [2.45, 2.75) is 6.92 Å². The number of nitrogens with zero attached hydrogens (tertiary/aromatic N) is 1. The zero-order valence-corrected chi connectivity index (χ0v) is 10.5.